The van der Waals surface area contributed by atoms with Gasteiger partial charge in [0.15, 0.2) is 0 Å². The van der Waals surface area contributed by atoms with Gasteiger partial charge in [-0.05, 0) is 13.0 Å². The number of nitrogens with one attached hydrogen (secondary N) is 2. The van der Waals surface area contributed by atoms with E-state index in [2.05, 4.69) is 15.3 Å². The zero-order chi connectivity index (χ0) is 15.7. The molecule has 0 aliphatic carbocycles. The molecule has 0 radical (unpaired) electrons. The molecule has 7 nitrogen and oxygen atoms in total. The van der Waals surface area contributed by atoms with E-state index in [0.717, 1.165) is 5.56 Å². The minimum absolute atomic E-state index is 0.0252. The number of aromatic amines is 1. The van der Waals surface area contributed by atoms with Crippen molar-refractivity contribution < 1.29 is 9.53 Å². The molecule has 114 valence electrons. The van der Waals surface area contributed by atoms with Gasteiger partial charge in [0, 0.05) is 17.9 Å². The van der Waals surface area contributed by atoms with E-state index in [1.54, 1.807) is 0 Å². The maximum absolute atomic E-state index is 12.3. The molecule has 1 aliphatic heterocycles. The summed E-state index contributed by atoms with van der Waals surface area (Å²) in [5.74, 6) is 0.230. The Kier molecular flexibility index (Phi) is 3.54. The molecule has 2 aromatic rings. The van der Waals surface area contributed by atoms with E-state index in [-0.39, 0.29) is 29.7 Å². The molecule has 0 bridgehead atoms. The number of rotatable bonds is 3. The summed E-state index contributed by atoms with van der Waals surface area (Å²) in [5, 5.41) is 2.60. The lowest BCUT2D eigenvalue weighted by Gasteiger charge is -2.25. The molecule has 22 heavy (non-hydrogen) atoms. The van der Waals surface area contributed by atoms with Crippen LogP contribution in [0.25, 0.3) is 0 Å². The molecular weight excluding hydrogens is 284 g/mol. The number of aromatic nitrogens is 2. The van der Waals surface area contributed by atoms with Crippen LogP contribution in [0.3, 0.4) is 0 Å². The summed E-state index contributed by atoms with van der Waals surface area (Å²) in [6.45, 7) is 2.38. The number of nitrogens with two attached hydrogens (primary N) is 1. The first-order valence-corrected chi connectivity index (χ1v) is 7.01. The highest BCUT2D eigenvalue weighted by Crippen LogP contribution is 2.38. The molecule has 1 aromatic carbocycles. The smallest absolute Gasteiger partial charge is 0.258 e. The van der Waals surface area contributed by atoms with E-state index >= 15 is 0 Å². The van der Waals surface area contributed by atoms with Gasteiger partial charge >= 0.3 is 0 Å². The number of carbonyl (C=O) groups is 1. The average Bonchev–Trinajstić information content (AvgIpc) is 2.46. The van der Waals surface area contributed by atoms with Gasteiger partial charge in [0.2, 0.25) is 11.9 Å². The topological polar surface area (TPSA) is 110 Å². The van der Waals surface area contributed by atoms with Crippen LogP contribution in [0.2, 0.25) is 0 Å². The first-order valence-electron chi connectivity index (χ1n) is 7.01. The van der Waals surface area contributed by atoms with Crippen LogP contribution in [-0.2, 0) is 4.79 Å². The lowest BCUT2D eigenvalue weighted by Crippen LogP contribution is -2.31. The number of H-pyrrole nitrogens is 1. The second kappa shape index (κ2) is 5.51. The Labute approximate surface area is 126 Å². The summed E-state index contributed by atoms with van der Waals surface area (Å²) in [7, 11) is 0. The van der Waals surface area contributed by atoms with Gasteiger partial charge in [-0.1, -0.05) is 18.2 Å². The number of hydrogen-bond acceptors (Lipinski definition) is 5. The van der Waals surface area contributed by atoms with Crippen molar-refractivity contribution >= 4 is 17.7 Å². The monoisotopic (exact) mass is 300 g/mol. The number of fused-ring (bicyclic) bond motifs is 1. The van der Waals surface area contributed by atoms with Crippen LogP contribution in [0.4, 0.5) is 11.8 Å². The molecule has 2 heterocycles. The zero-order valence-electron chi connectivity index (χ0n) is 12.1. The summed E-state index contributed by atoms with van der Waals surface area (Å²) in [6, 6.07) is 7.38. The normalized spacial score (nSPS) is 16.8. The Bertz CT molecular complexity index is 785. The summed E-state index contributed by atoms with van der Waals surface area (Å²) < 4.78 is 5.62. The van der Waals surface area contributed by atoms with Crippen molar-refractivity contribution in [1.29, 1.82) is 0 Å². The molecule has 3 rings (SSSR count). The van der Waals surface area contributed by atoms with Gasteiger partial charge < -0.3 is 15.8 Å². The summed E-state index contributed by atoms with van der Waals surface area (Å²) >= 11 is 0. The van der Waals surface area contributed by atoms with Gasteiger partial charge in [0.05, 0.1) is 12.2 Å². The Hall–Kier alpha value is -2.83. The fourth-order valence-corrected chi connectivity index (χ4v) is 2.71. The molecule has 1 aliphatic rings. The number of hydrogen-bond donors (Lipinski definition) is 3. The molecule has 4 N–H and O–H groups in total. The van der Waals surface area contributed by atoms with Crippen molar-refractivity contribution in [3.63, 3.8) is 0 Å². The van der Waals surface area contributed by atoms with Crippen molar-refractivity contribution in [2.45, 2.75) is 19.3 Å². The lowest BCUT2D eigenvalue weighted by atomic mass is 9.86. The summed E-state index contributed by atoms with van der Waals surface area (Å²) in [6.07, 6.45) is 0.158. The van der Waals surface area contributed by atoms with E-state index < -0.39 is 5.92 Å². The largest absolute Gasteiger partial charge is 0.494 e. The number of amides is 1. The highest BCUT2D eigenvalue weighted by molar-refractivity contribution is 5.94. The number of carbonyl (C=O) groups excluding carboxylic acids is 1. The number of nitrogens with zero attached hydrogens (tertiary/aromatic N) is 1. The minimum Gasteiger partial charge on any atom is -0.494 e. The lowest BCUT2D eigenvalue weighted by molar-refractivity contribution is -0.116. The number of para-hydroxylation sites is 1. The standard InChI is InChI=1S/C15H16N4O3/c1-2-22-10-6-4-3-5-8(10)9-7-11(20)17-13-12(9)14(21)19-15(16)18-13/h3-6,9H,2,7H2,1H3,(H4,16,17,18,19,20,21)/t9-/m1/s1. The van der Waals surface area contributed by atoms with Crippen LogP contribution in [0.1, 0.15) is 30.4 Å². The van der Waals surface area contributed by atoms with E-state index in [0.29, 0.717) is 17.9 Å². The highest BCUT2D eigenvalue weighted by Gasteiger charge is 2.32. The van der Waals surface area contributed by atoms with Crippen LogP contribution < -0.4 is 21.3 Å². The third-order valence-electron chi connectivity index (χ3n) is 3.56. The maximum atomic E-state index is 12.3. The molecule has 0 unspecified atom stereocenters. The number of nitrogen functional groups attached to an aromatic ring is 1. The first kappa shape index (κ1) is 14.1. The van der Waals surface area contributed by atoms with Gasteiger partial charge in [-0.3, -0.25) is 14.6 Å². The molecule has 1 amide bonds. The first-order chi connectivity index (χ1) is 10.6. The Morgan fingerprint density at radius 3 is 2.91 bits per heavy atom. The molecule has 1 atom stereocenters. The number of ether oxygens (including phenoxy) is 1. The Balaban J connectivity index is 2.18. The number of anilines is 2. The third kappa shape index (κ3) is 2.41. The second-order valence-corrected chi connectivity index (χ2v) is 4.99. The maximum Gasteiger partial charge on any atom is 0.258 e. The molecule has 1 aromatic heterocycles. The summed E-state index contributed by atoms with van der Waals surface area (Å²) in [4.78, 5) is 30.7. The fourth-order valence-electron chi connectivity index (χ4n) is 2.71. The van der Waals surface area contributed by atoms with Crippen LogP contribution in [0.15, 0.2) is 29.1 Å². The SMILES string of the molecule is CCOc1ccccc1[C@H]1CC(=O)Nc2nc(N)[nH]c(=O)c21. The third-order valence-corrected chi connectivity index (χ3v) is 3.56. The van der Waals surface area contributed by atoms with E-state index in [1.165, 1.54) is 0 Å². The van der Waals surface area contributed by atoms with E-state index in [1.807, 2.05) is 31.2 Å². The second-order valence-electron chi connectivity index (χ2n) is 4.99. The van der Waals surface area contributed by atoms with E-state index in [4.69, 9.17) is 10.5 Å². The van der Waals surface area contributed by atoms with Gasteiger partial charge in [-0.15, -0.1) is 0 Å². The van der Waals surface area contributed by atoms with Crippen molar-refractivity contribution in [3.05, 3.63) is 45.7 Å². The molecule has 0 saturated carbocycles. The fraction of sp³-hybridized carbons (Fsp3) is 0.267. The molecular formula is C15H16N4O3. The Morgan fingerprint density at radius 1 is 1.36 bits per heavy atom. The molecule has 0 spiro atoms. The predicted molar refractivity (Wildman–Crippen MR) is 82.0 cm³/mol. The van der Waals surface area contributed by atoms with Crippen LogP contribution in [-0.4, -0.2) is 22.5 Å². The number of benzene rings is 1. The van der Waals surface area contributed by atoms with Crippen molar-refractivity contribution in [2.75, 3.05) is 17.7 Å². The van der Waals surface area contributed by atoms with Gasteiger partial charge in [-0.25, -0.2) is 0 Å². The van der Waals surface area contributed by atoms with E-state index in [9.17, 15) is 9.59 Å². The zero-order valence-corrected chi connectivity index (χ0v) is 12.1. The van der Waals surface area contributed by atoms with Crippen LogP contribution in [0.5, 0.6) is 5.75 Å². The van der Waals surface area contributed by atoms with Gasteiger partial charge in [0.1, 0.15) is 11.6 Å². The Morgan fingerprint density at radius 2 is 2.14 bits per heavy atom. The average molecular weight is 300 g/mol. The summed E-state index contributed by atoms with van der Waals surface area (Å²) in [5.41, 5.74) is 6.39. The molecule has 0 saturated heterocycles. The quantitative estimate of drug-likeness (QED) is 0.789. The highest BCUT2D eigenvalue weighted by atomic mass is 16.5. The van der Waals surface area contributed by atoms with Gasteiger partial charge in [-0.2, -0.15) is 4.98 Å². The van der Waals surface area contributed by atoms with Crippen LogP contribution >= 0.6 is 0 Å². The minimum atomic E-state index is -0.414. The molecule has 0 fully saturated rings. The van der Waals surface area contributed by atoms with Crippen molar-refractivity contribution in [2.24, 2.45) is 0 Å². The predicted octanol–water partition coefficient (Wildman–Crippen LogP) is 1.22. The van der Waals surface area contributed by atoms with Gasteiger partial charge in [0.25, 0.3) is 5.56 Å². The van der Waals surface area contributed by atoms with Crippen molar-refractivity contribution in [1.82, 2.24) is 9.97 Å². The van der Waals surface area contributed by atoms with Crippen molar-refractivity contribution in [3.8, 4) is 5.75 Å². The van der Waals surface area contributed by atoms with Crippen LogP contribution in [0, 0.1) is 0 Å². The molecule has 7 heteroatoms.